The molecule has 0 aliphatic rings. The Kier molecular flexibility index (Phi) is 7.61. The maximum Gasteiger partial charge on any atom is 0.227 e. The minimum atomic E-state index is 0.129. The van der Waals surface area contributed by atoms with E-state index in [0.717, 1.165) is 24.9 Å². The lowest BCUT2D eigenvalue weighted by Gasteiger charge is -2.33. The minimum absolute atomic E-state index is 0.129. The summed E-state index contributed by atoms with van der Waals surface area (Å²) in [5, 5.41) is 0. The van der Waals surface area contributed by atoms with Gasteiger partial charge in [-0.3, -0.25) is 4.79 Å². The van der Waals surface area contributed by atoms with Crippen molar-refractivity contribution >= 4 is 11.6 Å². The van der Waals surface area contributed by atoms with Crippen LogP contribution in [-0.2, 0) is 4.79 Å². The number of rotatable bonds is 7. The zero-order valence-electron chi connectivity index (χ0n) is 13.7. The molecule has 0 fully saturated rings. The molecule has 1 atom stereocenters. The van der Waals surface area contributed by atoms with Gasteiger partial charge in [-0.15, -0.1) is 11.8 Å². The number of benzene rings is 1. The number of hydrogen-bond donors (Lipinski definition) is 0. The third-order valence-corrected chi connectivity index (χ3v) is 3.64. The molecule has 0 aromatic heterocycles. The molecular formula is C19H27NO. The van der Waals surface area contributed by atoms with Crippen LogP contribution in [0.4, 0.5) is 5.69 Å². The van der Waals surface area contributed by atoms with Crippen LogP contribution in [0, 0.1) is 17.8 Å². The molecule has 2 nitrogen and oxygen atoms in total. The SMILES string of the molecule is CC#CCC(C(C)C)N(C(=O)CCCC)c1ccccc1. The molecule has 1 unspecified atom stereocenters. The summed E-state index contributed by atoms with van der Waals surface area (Å²) >= 11 is 0. The Morgan fingerprint density at radius 2 is 1.90 bits per heavy atom. The number of nitrogens with zero attached hydrogens (tertiary/aromatic N) is 1. The number of carbonyl (C=O) groups excluding carboxylic acids is 1. The van der Waals surface area contributed by atoms with Gasteiger partial charge in [0.15, 0.2) is 0 Å². The second kappa shape index (κ2) is 9.23. The molecular weight excluding hydrogens is 258 g/mol. The number of anilines is 1. The predicted octanol–water partition coefficient (Wildman–Crippen LogP) is 4.65. The maximum absolute atomic E-state index is 12.7. The second-order valence-electron chi connectivity index (χ2n) is 5.65. The molecule has 0 saturated carbocycles. The van der Waals surface area contributed by atoms with Gasteiger partial charge < -0.3 is 4.90 Å². The molecule has 0 bridgehead atoms. The number of hydrogen-bond acceptors (Lipinski definition) is 1. The van der Waals surface area contributed by atoms with E-state index in [0.29, 0.717) is 12.3 Å². The summed E-state index contributed by atoms with van der Waals surface area (Å²) in [6.45, 7) is 8.28. The van der Waals surface area contributed by atoms with Crippen LogP contribution in [-0.4, -0.2) is 11.9 Å². The zero-order valence-corrected chi connectivity index (χ0v) is 13.7. The molecule has 0 saturated heterocycles. The van der Waals surface area contributed by atoms with E-state index in [1.807, 2.05) is 42.2 Å². The second-order valence-corrected chi connectivity index (χ2v) is 5.65. The summed E-state index contributed by atoms with van der Waals surface area (Å²) in [5.41, 5.74) is 0.982. The normalized spacial score (nSPS) is 11.7. The Balaban J connectivity index is 3.08. The van der Waals surface area contributed by atoms with Crippen molar-refractivity contribution in [1.29, 1.82) is 0 Å². The van der Waals surface area contributed by atoms with Gasteiger partial charge in [0, 0.05) is 18.5 Å². The molecule has 1 amide bonds. The smallest absolute Gasteiger partial charge is 0.227 e. The highest BCUT2D eigenvalue weighted by molar-refractivity contribution is 5.94. The Morgan fingerprint density at radius 3 is 2.43 bits per heavy atom. The average Bonchev–Trinajstić information content (AvgIpc) is 2.49. The quantitative estimate of drug-likeness (QED) is 0.668. The van der Waals surface area contributed by atoms with E-state index >= 15 is 0 Å². The van der Waals surface area contributed by atoms with Crippen molar-refractivity contribution in [3.8, 4) is 11.8 Å². The standard InChI is InChI=1S/C19H27NO/c1-5-7-14-18(16(3)4)20(19(21)15-8-6-2)17-12-10-9-11-13-17/h9-13,16,18H,6,8,14-15H2,1-4H3. The topological polar surface area (TPSA) is 20.3 Å². The van der Waals surface area contributed by atoms with Crippen LogP contribution in [0.1, 0.15) is 53.4 Å². The summed E-state index contributed by atoms with van der Waals surface area (Å²) in [4.78, 5) is 14.7. The van der Waals surface area contributed by atoms with E-state index in [1.165, 1.54) is 0 Å². The van der Waals surface area contributed by atoms with Gasteiger partial charge in [0.2, 0.25) is 5.91 Å². The lowest BCUT2D eigenvalue weighted by molar-refractivity contribution is -0.119. The molecule has 0 spiro atoms. The first-order valence-corrected chi connectivity index (χ1v) is 7.88. The molecule has 0 aliphatic carbocycles. The van der Waals surface area contributed by atoms with E-state index < -0.39 is 0 Å². The molecule has 0 aliphatic heterocycles. The Labute approximate surface area is 129 Å². The van der Waals surface area contributed by atoms with Crippen molar-refractivity contribution in [2.45, 2.75) is 59.4 Å². The third kappa shape index (κ3) is 5.27. The van der Waals surface area contributed by atoms with Gasteiger partial charge in [-0.05, 0) is 31.4 Å². The van der Waals surface area contributed by atoms with E-state index in [4.69, 9.17) is 0 Å². The number of unbranched alkanes of at least 4 members (excludes halogenated alkanes) is 1. The van der Waals surface area contributed by atoms with Gasteiger partial charge in [0.25, 0.3) is 0 Å². The van der Waals surface area contributed by atoms with E-state index in [-0.39, 0.29) is 11.9 Å². The van der Waals surface area contributed by atoms with Gasteiger partial charge in [0.05, 0.1) is 6.04 Å². The molecule has 0 radical (unpaired) electrons. The predicted molar refractivity (Wildman–Crippen MR) is 90.1 cm³/mol. The Morgan fingerprint density at radius 1 is 1.24 bits per heavy atom. The van der Waals surface area contributed by atoms with Crippen molar-refractivity contribution in [1.82, 2.24) is 0 Å². The van der Waals surface area contributed by atoms with Crippen molar-refractivity contribution in [2.24, 2.45) is 5.92 Å². The van der Waals surface area contributed by atoms with Crippen LogP contribution in [0.3, 0.4) is 0 Å². The highest BCUT2D eigenvalue weighted by Crippen LogP contribution is 2.24. The molecule has 21 heavy (non-hydrogen) atoms. The highest BCUT2D eigenvalue weighted by atomic mass is 16.2. The van der Waals surface area contributed by atoms with E-state index in [2.05, 4.69) is 32.6 Å². The van der Waals surface area contributed by atoms with Crippen molar-refractivity contribution < 1.29 is 4.79 Å². The van der Waals surface area contributed by atoms with Gasteiger partial charge in [-0.25, -0.2) is 0 Å². The van der Waals surface area contributed by atoms with E-state index in [9.17, 15) is 4.79 Å². The largest absolute Gasteiger partial charge is 0.308 e. The van der Waals surface area contributed by atoms with Gasteiger partial charge >= 0.3 is 0 Å². The summed E-state index contributed by atoms with van der Waals surface area (Å²) < 4.78 is 0. The Bertz CT molecular complexity index is 481. The molecule has 1 aromatic carbocycles. The fourth-order valence-electron chi connectivity index (χ4n) is 2.39. The fourth-order valence-corrected chi connectivity index (χ4v) is 2.39. The van der Waals surface area contributed by atoms with Crippen LogP contribution in [0.2, 0.25) is 0 Å². The van der Waals surface area contributed by atoms with Gasteiger partial charge in [-0.2, -0.15) is 0 Å². The lowest BCUT2D eigenvalue weighted by atomic mass is 9.97. The number of amides is 1. The fraction of sp³-hybridized carbons (Fsp3) is 0.526. The zero-order chi connectivity index (χ0) is 15.7. The van der Waals surface area contributed by atoms with E-state index in [1.54, 1.807) is 0 Å². The average molecular weight is 285 g/mol. The van der Waals surface area contributed by atoms with Crippen LogP contribution >= 0.6 is 0 Å². The van der Waals surface area contributed by atoms with Gasteiger partial charge in [-0.1, -0.05) is 45.4 Å². The first kappa shape index (κ1) is 17.3. The van der Waals surface area contributed by atoms with Crippen LogP contribution < -0.4 is 4.90 Å². The first-order valence-electron chi connectivity index (χ1n) is 7.88. The highest BCUT2D eigenvalue weighted by Gasteiger charge is 2.26. The summed E-state index contributed by atoms with van der Waals surface area (Å²) in [5.74, 6) is 6.68. The summed E-state index contributed by atoms with van der Waals surface area (Å²) in [6.07, 6.45) is 3.30. The molecule has 2 heteroatoms. The summed E-state index contributed by atoms with van der Waals surface area (Å²) in [7, 11) is 0. The third-order valence-electron chi connectivity index (χ3n) is 3.64. The van der Waals surface area contributed by atoms with Gasteiger partial charge in [0.1, 0.15) is 0 Å². The van der Waals surface area contributed by atoms with Crippen LogP contribution in [0.25, 0.3) is 0 Å². The number of para-hydroxylation sites is 1. The molecule has 0 heterocycles. The molecule has 1 aromatic rings. The number of carbonyl (C=O) groups is 1. The molecule has 1 rings (SSSR count). The van der Waals surface area contributed by atoms with Crippen molar-refractivity contribution in [3.63, 3.8) is 0 Å². The van der Waals surface area contributed by atoms with Crippen LogP contribution in [0.5, 0.6) is 0 Å². The summed E-state index contributed by atoms with van der Waals surface area (Å²) in [6, 6.07) is 10.1. The first-order chi connectivity index (χ1) is 10.1. The lowest BCUT2D eigenvalue weighted by Crippen LogP contribution is -2.43. The maximum atomic E-state index is 12.7. The van der Waals surface area contributed by atoms with Crippen LogP contribution in [0.15, 0.2) is 30.3 Å². The molecule has 0 N–H and O–H groups in total. The monoisotopic (exact) mass is 285 g/mol. The van der Waals surface area contributed by atoms with Crippen molar-refractivity contribution in [2.75, 3.05) is 4.90 Å². The minimum Gasteiger partial charge on any atom is -0.308 e. The Hall–Kier alpha value is -1.75. The molecule has 114 valence electrons. The van der Waals surface area contributed by atoms with Crippen molar-refractivity contribution in [3.05, 3.63) is 30.3 Å².